The molecule has 21 heavy (non-hydrogen) atoms. The fraction of sp³-hybridized carbons (Fsp3) is 0.0833. The molecule has 4 N–H and O–H groups in total. The van der Waals surface area contributed by atoms with Crippen molar-refractivity contribution in [2.24, 2.45) is 10.9 Å². The van der Waals surface area contributed by atoms with Crippen LogP contribution in [0.2, 0.25) is 4.34 Å². The smallest absolute Gasteiger partial charge is 0.271 e. The maximum atomic E-state index is 12.3. The highest BCUT2D eigenvalue weighted by Gasteiger charge is 2.20. The maximum Gasteiger partial charge on any atom is 0.271 e. The van der Waals surface area contributed by atoms with Crippen molar-refractivity contribution < 1.29 is 13.6 Å². The lowest BCUT2D eigenvalue weighted by atomic mass is 10.1. The number of nitrogens with zero attached hydrogens (tertiary/aromatic N) is 1. The molecule has 0 amide bonds. The van der Waals surface area contributed by atoms with E-state index in [0.29, 0.717) is 15.5 Å². The number of benzene rings is 1. The fourth-order valence-electron chi connectivity index (χ4n) is 1.78. The number of anilines is 1. The topological polar surface area (TPSA) is 105 Å². The van der Waals surface area contributed by atoms with Crippen molar-refractivity contribution in [3.8, 4) is 0 Å². The van der Waals surface area contributed by atoms with Crippen molar-refractivity contribution in [1.29, 1.82) is 0 Å². The Morgan fingerprint density at radius 2 is 2.10 bits per heavy atom. The summed E-state index contributed by atoms with van der Waals surface area (Å²) < 4.78 is 27.5. The molecule has 0 saturated carbocycles. The number of oxime groups is 1. The summed E-state index contributed by atoms with van der Waals surface area (Å²) in [5.41, 5.74) is 6.84. The average molecular weight is 346 g/mol. The van der Waals surface area contributed by atoms with Crippen LogP contribution < -0.4 is 10.5 Å². The largest absolute Gasteiger partial charge is 0.409 e. The summed E-state index contributed by atoms with van der Waals surface area (Å²) in [4.78, 5) is 0. The van der Waals surface area contributed by atoms with Crippen molar-refractivity contribution in [1.82, 2.24) is 0 Å². The predicted octanol–water partition coefficient (Wildman–Crippen LogP) is 2.61. The molecular weight excluding hydrogens is 334 g/mol. The van der Waals surface area contributed by atoms with Gasteiger partial charge in [-0.15, -0.1) is 11.3 Å². The van der Waals surface area contributed by atoms with Gasteiger partial charge in [-0.3, -0.25) is 4.72 Å². The van der Waals surface area contributed by atoms with E-state index in [1.807, 2.05) is 0 Å². The zero-order valence-corrected chi connectivity index (χ0v) is 13.3. The Kier molecular flexibility index (Phi) is 4.40. The second-order valence-electron chi connectivity index (χ2n) is 4.15. The van der Waals surface area contributed by atoms with Gasteiger partial charge in [-0.25, -0.2) is 8.42 Å². The van der Waals surface area contributed by atoms with Crippen molar-refractivity contribution >= 4 is 44.5 Å². The molecule has 0 aliphatic rings. The second kappa shape index (κ2) is 5.92. The molecule has 0 radical (unpaired) electrons. The van der Waals surface area contributed by atoms with E-state index in [4.69, 9.17) is 22.5 Å². The SMILES string of the molecule is Cc1cccc(NS(=O)(=O)c2ccc(Cl)s2)c1/C(N)=N/O. The molecule has 112 valence electrons. The Bertz CT molecular complexity index is 800. The van der Waals surface area contributed by atoms with Crippen LogP contribution in [0.5, 0.6) is 0 Å². The Balaban J connectivity index is 2.47. The fourth-order valence-corrected chi connectivity index (χ4v) is 4.33. The van der Waals surface area contributed by atoms with Crippen LogP contribution in [0.3, 0.4) is 0 Å². The minimum atomic E-state index is -3.78. The summed E-state index contributed by atoms with van der Waals surface area (Å²) in [5, 5.41) is 11.8. The summed E-state index contributed by atoms with van der Waals surface area (Å²) in [6.07, 6.45) is 0. The molecule has 0 fully saturated rings. The summed E-state index contributed by atoms with van der Waals surface area (Å²) in [6.45, 7) is 1.73. The highest BCUT2D eigenvalue weighted by Crippen LogP contribution is 2.28. The van der Waals surface area contributed by atoms with Gasteiger partial charge in [-0.2, -0.15) is 0 Å². The molecule has 1 aromatic carbocycles. The van der Waals surface area contributed by atoms with E-state index in [-0.39, 0.29) is 15.7 Å². The number of thiophene rings is 1. The Morgan fingerprint density at radius 3 is 2.67 bits per heavy atom. The van der Waals surface area contributed by atoms with Gasteiger partial charge in [-0.05, 0) is 30.7 Å². The van der Waals surface area contributed by atoms with Gasteiger partial charge in [0.2, 0.25) is 0 Å². The average Bonchev–Trinajstić information content (AvgIpc) is 2.85. The third-order valence-electron chi connectivity index (χ3n) is 2.69. The first kappa shape index (κ1) is 15.6. The lowest BCUT2D eigenvalue weighted by Gasteiger charge is -2.13. The number of aryl methyl sites for hydroxylation is 1. The van der Waals surface area contributed by atoms with Gasteiger partial charge < -0.3 is 10.9 Å². The molecule has 0 aliphatic carbocycles. The number of nitrogens with two attached hydrogens (primary N) is 1. The van der Waals surface area contributed by atoms with Gasteiger partial charge in [-0.1, -0.05) is 28.9 Å². The Hall–Kier alpha value is -1.77. The molecule has 2 aromatic rings. The monoisotopic (exact) mass is 345 g/mol. The first-order valence-electron chi connectivity index (χ1n) is 5.71. The molecule has 0 spiro atoms. The van der Waals surface area contributed by atoms with Crippen molar-refractivity contribution in [2.75, 3.05) is 4.72 Å². The van der Waals surface area contributed by atoms with Crippen LogP contribution in [-0.4, -0.2) is 19.5 Å². The predicted molar refractivity (Wildman–Crippen MR) is 83.8 cm³/mol. The number of nitrogens with one attached hydrogen (secondary N) is 1. The van der Waals surface area contributed by atoms with E-state index in [0.717, 1.165) is 11.3 Å². The molecule has 6 nitrogen and oxygen atoms in total. The maximum absolute atomic E-state index is 12.3. The van der Waals surface area contributed by atoms with E-state index in [1.54, 1.807) is 19.1 Å². The summed E-state index contributed by atoms with van der Waals surface area (Å²) >= 11 is 6.70. The van der Waals surface area contributed by atoms with Gasteiger partial charge in [0.05, 0.1) is 10.0 Å². The standard InChI is InChI=1S/C12H12ClN3O3S2/c1-7-3-2-4-8(11(7)12(14)15-17)16-21(18,19)10-6-5-9(13)20-10/h2-6,16-17H,1H3,(H2,14,15). The first-order chi connectivity index (χ1) is 9.85. The minimum absolute atomic E-state index is 0.0828. The Morgan fingerprint density at radius 1 is 1.38 bits per heavy atom. The summed E-state index contributed by atoms with van der Waals surface area (Å²) in [6, 6.07) is 7.85. The number of sulfonamides is 1. The third kappa shape index (κ3) is 3.29. The van der Waals surface area contributed by atoms with Crippen molar-refractivity contribution in [2.45, 2.75) is 11.1 Å². The molecule has 0 atom stereocenters. The third-order valence-corrected chi connectivity index (χ3v) is 5.78. The lowest BCUT2D eigenvalue weighted by Crippen LogP contribution is -2.20. The van der Waals surface area contributed by atoms with E-state index in [1.165, 1.54) is 18.2 Å². The van der Waals surface area contributed by atoms with Crippen molar-refractivity contribution in [3.05, 3.63) is 45.8 Å². The number of halogens is 1. The molecular formula is C12H12ClN3O3S2. The van der Waals surface area contributed by atoms with E-state index in [9.17, 15) is 8.42 Å². The Labute approximate surface area is 130 Å². The molecule has 2 rings (SSSR count). The molecule has 0 bridgehead atoms. The number of hydrogen-bond donors (Lipinski definition) is 3. The van der Waals surface area contributed by atoms with Crippen LogP contribution >= 0.6 is 22.9 Å². The highest BCUT2D eigenvalue weighted by molar-refractivity contribution is 7.94. The molecule has 1 heterocycles. The zero-order chi connectivity index (χ0) is 15.6. The van der Waals surface area contributed by atoms with E-state index < -0.39 is 10.0 Å². The van der Waals surface area contributed by atoms with Crippen LogP contribution in [0.4, 0.5) is 5.69 Å². The number of rotatable bonds is 4. The molecule has 0 aliphatic heterocycles. The first-order valence-corrected chi connectivity index (χ1v) is 8.38. The molecule has 0 unspecified atom stereocenters. The number of amidine groups is 1. The minimum Gasteiger partial charge on any atom is -0.409 e. The van der Waals surface area contributed by atoms with Gasteiger partial charge >= 0.3 is 0 Å². The van der Waals surface area contributed by atoms with Gasteiger partial charge in [0.25, 0.3) is 10.0 Å². The zero-order valence-electron chi connectivity index (χ0n) is 10.9. The quantitative estimate of drug-likeness (QED) is 0.343. The van der Waals surface area contributed by atoms with Gasteiger partial charge in [0, 0.05) is 5.56 Å². The van der Waals surface area contributed by atoms with Crippen LogP contribution in [0.1, 0.15) is 11.1 Å². The van der Waals surface area contributed by atoms with Gasteiger partial charge in [0.1, 0.15) is 4.21 Å². The van der Waals surface area contributed by atoms with Crippen LogP contribution in [0, 0.1) is 6.92 Å². The normalized spacial score (nSPS) is 12.4. The summed E-state index contributed by atoms with van der Waals surface area (Å²) in [7, 11) is -3.78. The highest BCUT2D eigenvalue weighted by atomic mass is 35.5. The van der Waals surface area contributed by atoms with Crippen LogP contribution in [0.15, 0.2) is 39.7 Å². The van der Waals surface area contributed by atoms with Crippen LogP contribution in [0.25, 0.3) is 0 Å². The van der Waals surface area contributed by atoms with E-state index >= 15 is 0 Å². The summed E-state index contributed by atoms with van der Waals surface area (Å²) in [5.74, 6) is -0.171. The van der Waals surface area contributed by atoms with Crippen LogP contribution in [-0.2, 0) is 10.0 Å². The second-order valence-corrected chi connectivity index (χ2v) is 7.77. The van der Waals surface area contributed by atoms with Crippen molar-refractivity contribution in [3.63, 3.8) is 0 Å². The van der Waals surface area contributed by atoms with Gasteiger partial charge in [0.15, 0.2) is 5.84 Å². The molecule has 0 saturated heterocycles. The molecule has 9 heteroatoms. The van der Waals surface area contributed by atoms with E-state index in [2.05, 4.69) is 9.88 Å². The molecule has 1 aromatic heterocycles. The number of hydrogen-bond acceptors (Lipinski definition) is 5. The lowest BCUT2D eigenvalue weighted by molar-refractivity contribution is 0.318.